The van der Waals surface area contributed by atoms with Gasteiger partial charge in [-0.3, -0.25) is 4.57 Å². The van der Waals surface area contributed by atoms with Crippen LogP contribution in [0, 0.1) is 29.9 Å². The van der Waals surface area contributed by atoms with E-state index in [1.807, 2.05) is 66.4 Å². The Morgan fingerprint density at radius 3 is 2.38 bits per heavy atom. The highest BCUT2D eigenvalue weighted by Crippen LogP contribution is 2.36. The Labute approximate surface area is 235 Å². The first-order chi connectivity index (χ1) is 19.3. The minimum Gasteiger partial charge on any atom is -0.493 e. The minimum absolute atomic E-state index is 0.0154. The number of nitriles is 1. The van der Waals surface area contributed by atoms with Crippen molar-refractivity contribution in [2.24, 2.45) is 0 Å². The monoisotopic (exact) mass is 555 g/mol. The van der Waals surface area contributed by atoms with Gasteiger partial charge in [0.2, 0.25) is 0 Å². The van der Waals surface area contributed by atoms with Gasteiger partial charge in [0, 0.05) is 34.9 Å². The average Bonchev–Trinajstić information content (AvgIpc) is 3.59. The van der Waals surface area contributed by atoms with Crippen molar-refractivity contribution in [1.29, 1.82) is 5.26 Å². The van der Waals surface area contributed by atoms with Crippen LogP contribution in [0.15, 0.2) is 90.5 Å². The van der Waals surface area contributed by atoms with E-state index < -0.39 is 11.2 Å². The number of imidazole rings is 2. The van der Waals surface area contributed by atoms with Crippen LogP contribution in [0.2, 0.25) is 0 Å². The van der Waals surface area contributed by atoms with Gasteiger partial charge in [-0.15, -0.1) is 0 Å². The number of nitrogens with zero attached hydrogens (tertiary/aromatic N) is 5. The normalized spacial score (nSPS) is 11.4. The highest BCUT2D eigenvalue weighted by atomic mass is 32.2. The molecule has 6 nitrogen and oxygen atoms in total. The molecule has 0 fully saturated rings. The molecular weight excluding hydrogens is 528 g/mol. The number of halogens is 2. The molecule has 0 aliphatic rings. The third kappa shape index (κ3) is 5.49. The topological polar surface area (TPSA) is 68.7 Å². The van der Waals surface area contributed by atoms with Gasteiger partial charge in [-0.1, -0.05) is 31.7 Å². The van der Waals surface area contributed by atoms with Crippen molar-refractivity contribution >= 4 is 11.8 Å². The number of aryl methyl sites for hydroxylation is 1. The molecule has 5 rings (SSSR count). The zero-order valence-electron chi connectivity index (χ0n) is 22.3. The Morgan fingerprint density at radius 2 is 1.70 bits per heavy atom. The van der Waals surface area contributed by atoms with Gasteiger partial charge in [0.1, 0.15) is 29.3 Å². The van der Waals surface area contributed by atoms with Gasteiger partial charge >= 0.3 is 0 Å². The second-order valence-corrected chi connectivity index (χ2v) is 10.8. The molecule has 0 bridgehead atoms. The lowest BCUT2D eigenvalue weighted by atomic mass is 9.81. The van der Waals surface area contributed by atoms with Gasteiger partial charge in [0.25, 0.3) is 0 Å². The fraction of sp³-hybridized carbons (Fsp3) is 0.194. The van der Waals surface area contributed by atoms with Crippen LogP contribution in [-0.4, -0.2) is 31.5 Å². The minimum atomic E-state index is -0.634. The molecule has 0 unspecified atom stereocenters. The highest BCUT2D eigenvalue weighted by molar-refractivity contribution is 7.99. The van der Waals surface area contributed by atoms with E-state index in [-0.39, 0.29) is 11.4 Å². The van der Waals surface area contributed by atoms with Gasteiger partial charge in [-0.2, -0.15) is 5.26 Å². The zero-order chi connectivity index (χ0) is 28.3. The lowest BCUT2D eigenvalue weighted by molar-refractivity contribution is 0.344. The molecule has 0 amide bonds. The lowest BCUT2D eigenvalue weighted by Gasteiger charge is -2.27. The third-order valence-corrected chi connectivity index (χ3v) is 7.70. The van der Waals surface area contributed by atoms with Gasteiger partial charge in [0.05, 0.1) is 24.1 Å². The molecule has 5 aromatic rings. The number of hydrogen-bond acceptors (Lipinski definition) is 5. The molecule has 0 saturated carbocycles. The summed E-state index contributed by atoms with van der Waals surface area (Å²) >= 11 is 1.52. The van der Waals surface area contributed by atoms with E-state index in [1.165, 1.54) is 30.0 Å². The Morgan fingerprint density at radius 1 is 0.975 bits per heavy atom. The molecule has 0 atom stereocenters. The zero-order valence-corrected chi connectivity index (χ0v) is 23.1. The molecule has 3 aromatic carbocycles. The van der Waals surface area contributed by atoms with Gasteiger partial charge in [-0.25, -0.2) is 18.7 Å². The van der Waals surface area contributed by atoms with E-state index in [0.29, 0.717) is 17.5 Å². The Hall–Kier alpha value is -4.42. The van der Waals surface area contributed by atoms with E-state index in [4.69, 9.17) is 4.74 Å². The van der Waals surface area contributed by atoms with E-state index in [2.05, 4.69) is 9.97 Å². The summed E-state index contributed by atoms with van der Waals surface area (Å²) in [4.78, 5) is 8.95. The summed E-state index contributed by atoms with van der Waals surface area (Å²) in [6.45, 7) is 6.38. The van der Waals surface area contributed by atoms with Crippen molar-refractivity contribution < 1.29 is 13.5 Å². The molecule has 40 heavy (non-hydrogen) atoms. The maximum Gasteiger partial charge on any atom is 0.172 e. The molecule has 0 aliphatic carbocycles. The summed E-state index contributed by atoms with van der Waals surface area (Å²) in [6.07, 6.45) is 5.46. The largest absolute Gasteiger partial charge is 0.493 e. The van der Waals surface area contributed by atoms with Crippen LogP contribution in [-0.2, 0) is 5.41 Å². The third-order valence-electron chi connectivity index (χ3n) is 6.79. The van der Waals surface area contributed by atoms with Crippen LogP contribution >= 0.6 is 11.8 Å². The predicted molar refractivity (Wildman–Crippen MR) is 151 cm³/mol. The van der Waals surface area contributed by atoms with Gasteiger partial charge < -0.3 is 9.30 Å². The Kier molecular flexibility index (Phi) is 7.71. The van der Waals surface area contributed by atoms with Crippen LogP contribution < -0.4 is 4.74 Å². The van der Waals surface area contributed by atoms with Crippen LogP contribution in [0.5, 0.6) is 5.75 Å². The maximum absolute atomic E-state index is 14.0. The summed E-state index contributed by atoms with van der Waals surface area (Å²) in [5, 5.41) is 10.1. The van der Waals surface area contributed by atoms with Crippen LogP contribution in [0.1, 0.15) is 36.5 Å². The standard InChI is InChI=1S/C31H27F2N5OS/c1-21-35-14-15-37(21)25-9-11-27(12-10-25)39-16-17-40-30-36-20-29(38(30)26-7-5-24(32)6-8-26)31(2,3)23-4-13-28(33)22(18-23)19-34/h4-15,18,20H,16-17H2,1-3H3. The molecule has 2 aromatic heterocycles. The van der Waals surface area contributed by atoms with Crippen LogP contribution in [0.25, 0.3) is 11.4 Å². The van der Waals surface area contributed by atoms with Crippen molar-refractivity contribution in [2.75, 3.05) is 12.4 Å². The molecule has 0 saturated heterocycles. The number of benzene rings is 3. The molecule has 0 N–H and O–H groups in total. The summed E-state index contributed by atoms with van der Waals surface area (Å²) < 4.78 is 37.8. The molecular formula is C31H27F2N5OS. The number of aromatic nitrogens is 4. The molecule has 0 radical (unpaired) electrons. The Bertz CT molecular complexity index is 1670. The van der Waals surface area contributed by atoms with Gasteiger partial charge in [0.15, 0.2) is 5.16 Å². The highest BCUT2D eigenvalue weighted by Gasteiger charge is 2.30. The fourth-order valence-electron chi connectivity index (χ4n) is 4.51. The summed E-state index contributed by atoms with van der Waals surface area (Å²) in [5.74, 6) is 1.40. The molecule has 9 heteroatoms. The molecule has 202 valence electrons. The number of ether oxygens (including phenoxy) is 1. The fourth-order valence-corrected chi connectivity index (χ4v) is 5.32. The second kappa shape index (κ2) is 11.4. The summed E-state index contributed by atoms with van der Waals surface area (Å²) in [5.41, 5.74) is 2.70. The van der Waals surface area contributed by atoms with Crippen molar-refractivity contribution in [3.8, 4) is 23.2 Å². The molecule has 0 aliphatic heterocycles. The Balaban J connectivity index is 1.35. The van der Waals surface area contributed by atoms with Gasteiger partial charge in [-0.05, 0) is 73.2 Å². The van der Waals surface area contributed by atoms with Crippen molar-refractivity contribution in [3.05, 3.63) is 120 Å². The quantitative estimate of drug-likeness (QED) is 0.145. The number of rotatable bonds is 9. The first-order valence-corrected chi connectivity index (χ1v) is 13.7. The lowest BCUT2D eigenvalue weighted by Crippen LogP contribution is -2.23. The van der Waals surface area contributed by atoms with E-state index in [0.717, 1.165) is 34.2 Å². The van der Waals surface area contributed by atoms with Crippen molar-refractivity contribution in [1.82, 2.24) is 19.1 Å². The predicted octanol–water partition coefficient (Wildman–Crippen LogP) is 7.01. The van der Waals surface area contributed by atoms with Crippen molar-refractivity contribution in [2.45, 2.75) is 31.3 Å². The smallest absolute Gasteiger partial charge is 0.172 e. The molecule has 0 spiro atoms. The summed E-state index contributed by atoms with van der Waals surface area (Å²) in [7, 11) is 0. The van der Waals surface area contributed by atoms with Crippen molar-refractivity contribution in [3.63, 3.8) is 0 Å². The first kappa shape index (κ1) is 27.2. The maximum atomic E-state index is 14.0. The average molecular weight is 556 g/mol. The van der Waals surface area contributed by atoms with E-state index in [9.17, 15) is 14.0 Å². The number of hydrogen-bond donors (Lipinski definition) is 0. The molecule has 2 heterocycles. The number of thioether (sulfide) groups is 1. The first-order valence-electron chi connectivity index (χ1n) is 12.7. The van der Waals surface area contributed by atoms with E-state index >= 15 is 0 Å². The second-order valence-electron chi connectivity index (χ2n) is 9.70. The van der Waals surface area contributed by atoms with Crippen LogP contribution in [0.3, 0.4) is 0 Å². The summed E-state index contributed by atoms with van der Waals surface area (Å²) in [6, 6.07) is 20.5. The van der Waals surface area contributed by atoms with Crippen LogP contribution in [0.4, 0.5) is 8.78 Å². The SMILES string of the molecule is Cc1nccn1-c1ccc(OCCSc2ncc(C(C)(C)c3ccc(F)c(C#N)c3)n2-c2ccc(F)cc2)cc1. The van der Waals surface area contributed by atoms with E-state index in [1.54, 1.807) is 36.7 Å².